The van der Waals surface area contributed by atoms with Gasteiger partial charge in [0.15, 0.2) is 0 Å². The smallest absolute Gasteiger partial charge is 0.408 e. The monoisotopic (exact) mass is 507 g/mol. The number of carbonyl (C=O) groups excluding carboxylic acids is 3. The molecule has 2 unspecified atom stereocenters. The number of unbranched alkanes of at least 4 members (excludes halogenated alkanes) is 3. The lowest BCUT2D eigenvalue weighted by molar-refractivity contribution is -0.142. The largest absolute Gasteiger partial charge is 0.444 e. The molecule has 198 valence electrons. The maximum Gasteiger partial charge on any atom is 0.408 e. The Morgan fingerprint density at radius 2 is 1.63 bits per heavy atom. The summed E-state index contributed by atoms with van der Waals surface area (Å²) in [5, 5.41) is 5.70. The number of benzene rings is 1. The number of alkyl carbamates (subject to hydrolysis) is 1. The molecule has 0 aliphatic rings. The molecule has 7 nitrogen and oxygen atoms in total. The minimum atomic E-state index is -0.926. The van der Waals surface area contributed by atoms with Crippen molar-refractivity contribution < 1.29 is 19.1 Å². The van der Waals surface area contributed by atoms with Gasteiger partial charge in [0, 0.05) is 18.8 Å². The molecular weight excluding hydrogens is 462 g/mol. The second kappa shape index (κ2) is 15.0. The minimum Gasteiger partial charge on any atom is -0.444 e. The molecule has 0 saturated carbocycles. The topological polar surface area (TPSA) is 87.7 Å². The SMILES string of the molecule is CCCCCNC(=O)C(c1c(C)cccc1C)N(CCCC)C(=O)C(CS)NC(=O)OC(C)(C)C. The standard InChI is InChI=1S/C27H45N3O4S/c1-8-10-12-16-28-24(31)23(22-19(3)14-13-15-20(22)4)30(17-11-9-2)25(32)21(18-35)29-26(33)34-27(5,6)7/h13-15,21,23,35H,8-12,16-18H2,1-7H3,(H,28,31)(H,29,33). The maximum atomic E-state index is 13.8. The van der Waals surface area contributed by atoms with Gasteiger partial charge in [-0.15, -0.1) is 0 Å². The van der Waals surface area contributed by atoms with Crippen molar-refractivity contribution in [3.63, 3.8) is 0 Å². The predicted octanol–water partition coefficient (Wildman–Crippen LogP) is 5.10. The zero-order valence-corrected chi connectivity index (χ0v) is 23.5. The predicted molar refractivity (Wildman–Crippen MR) is 145 cm³/mol. The molecule has 0 saturated heterocycles. The highest BCUT2D eigenvalue weighted by Gasteiger charge is 2.36. The second-order valence-electron chi connectivity index (χ2n) is 9.97. The Bertz CT molecular complexity index is 818. The summed E-state index contributed by atoms with van der Waals surface area (Å²) in [6.45, 7) is 14.3. The third-order valence-corrected chi connectivity index (χ3v) is 6.03. The Morgan fingerprint density at radius 1 is 1.03 bits per heavy atom. The number of carbonyl (C=O) groups is 3. The van der Waals surface area contributed by atoms with Crippen molar-refractivity contribution in [1.82, 2.24) is 15.5 Å². The minimum absolute atomic E-state index is 0.0816. The average molecular weight is 508 g/mol. The van der Waals surface area contributed by atoms with Crippen molar-refractivity contribution in [1.29, 1.82) is 0 Å². The number of amides is 3. The highest BCUT2D eigenvalue weighted by Crippen LogP contribution is 2.29. The van der Waals surface area contributed by atoms with E-state index in [9.17, 15) is 14.4 Å². The summed E-state index contributed by atoms with van der Waals surface area (Å²) in [5.74, 6) is -0.480. The summed E-state index contributed by atoms with van der Waals surface area (Å²) in [6, 6.07) is 4.13. The van der Waals surface area contributed by atoms with Crippen LogP contribution in [0.4, 0.5) is 4.79 Å². The van der Waals surface area contributed by atoms with E-state index >= 15 is 0 Å². The molecule has 0 radical (unpaired) electrons. The molecular formula is C27H45N3O4S. The van der Waals surface area contributed by atoms with Crippen LogP contribution in [0.1, 0.15) is 89.5 Å². The van der Waals surface area contributed by atoms with E-state index in [1.165, 1.54) is 0 Å². The Hall–Kier alpha value is -2.22. The number of hydrogen-bond acceptors (Lipinski definition) is 5. The molecule has 1 aromatic rings. The second-order valence-corrected chi connectivity index (χ2v) is 10.3. The van der Waals surface area contributed by atoms with Crippen molar-refractivity contribution in [3.05, 3.63) is 34.9 Å². The van der Waals surface area contributed by atoms with Crippen LogP contribution in [0.3, 0.4) is 0 Å². The number of hydrogen-bond donors (Lipinski definition) is 3. The summed E-state index contributed by atoms with van der Waals surface area (Å²) in [6.07, 6.45) is 3.84. The van der Waals surface area contributed by atoms with Crippen LogP contribution in [0.5, 0.6) is 0 Å². The zero-order valence-electron chi connectivity index (χ0n) is 22.6. The first-order chi connectivity index (χ1) is 16.5. The first kappa shape index (κ1) is 30.8. The first-order valence-electron chi connectivity index (χ1n) is 12.7. The Labute approximate surface area is 217 Å². The number of aryl methyl sites for hydroxylation is 2. The fourth-order valence-electron chi connectivity index (χ4n) is 3.90. The fourth-order valence-corrected chi connectivity index (χ4v) is 4.15. The van der Waals surface area contributed by atoms with Crippen molar-refractivity contribution in [2.24, 2.45) is 0 Å². The third-order valence-electron chi connectivity index (χ3n) is 5.66. The van der Waals surface area contributed by atoms with Gasteiger partial charge >= 0.3 is 6.09 Å². The summed E-state index contributed by atoms with van der Waals surface area (Å²) >= 11 is 4.34. The van der Waals surface area contributed by atoms with E-state index in [-0.39, 0.29) is 17.6 Å². The highest BCUT2D eigenvalue weighted by atomic mass is 32.1. The zero-order chi connectivity index (χ0) is 26.6. The lowest BCUT2D eigenvalue weighted by Gasteiger charge is -2.35. The molecule has 0 aliphatic heterocycles. The van der Waals surface area contributed by atoms with E-state index in [0.29, 0.717) is 13.1 Å². The van der Waals surface area contributed by atoms with Gasteiger partial charge in [-0.3, -0.25) is 9.59 Å². The van der Waals surface area contributed by atoms with E-state index in [1.54, 1.807) is 25.7 Å². The Balaban J connectivity index is 3.39. The molecule has 0 fully saturated rings. The normalized spacial score (nSPS) is 13.0. The molecule has 2 atom stereocenters. The van der Waals surface area contributed by atoms with Crippen molar-refractivity contribution >= 4 is 30.5 Å². The summed E-state index contributed by atoms with van der Waals surface area (Å²) in [4.78, 5) is 41.5. The number of nitrogens with zero attached hydrogens (tertiary/aromatic N) is 1. The molecule has 0 heterocycles. The number of thiol groups is 1. The maximum absolute atomic E-state index is 13.8. The van der Waals surface area contributed by atoms with Gasteiger partial charge in [0.2, 0.25) is 11.8 Å². The van der Waals surface area contributed by atoms with Gasteiger partial charge in [-0.2, -0.15) is 12.6 Å². The van der Waals surface area contributed by atoms with Gasteiger partial charge in [0.1, 0.15) is 17.7 Å². The van der Waals surface area contributed by atoms with Crippen molar-refractivity contribution in [2.45, 2.75) is 98.3 Å². The number of nitrogens with one attached hydrogen (secondary N) is 2. The van der Waals surface area contributed by atoms with Gasteiger partial charge in [0.05, 0.1) is 0 Å². The highest BCUT2D eigenvalue weighted by molar-refractivity contribution is 7.80. The molecule has 0 aromatic heterocycles. The summed E-state index contributed by atoms with van der Waals surface area (Å²) < 4.78 is 5.35. The van der Waals surface area contributed by atoms with Crippen LogP contribution in [-0.2, 0) is 14.3 Å². The van der Waals surface area contributed by atoms with Gasteiger partial charge in [-0.1, -0.05) is 51.3 Å². The molecule has 1 rings (SSSR count). The van der Waals surface area contributed by atoms with Crippen LogP contribution in [0, 0.1) is 13.8 Å². The van der Waals surface area contributed by atoms with Gasteiger partial charge < -0.3 is 20.3 Å². The van der Waals surface area contributed by atoms with Crippen LogP contribution in [0.2, 0.25) is 0 Å². The van der Waals surface area contributed by atoms with Crippen molar-refractivity contribution in [3.8, 4) is 0 Å². The third kappa shape index (κ3) is 10.1. The molecule has 0 bridgehead atoms. The van der Waals surface area contributed by atoms with Crippen LogP contribution >= 0.6 is 12.6 Å². The number of ether oxygens (including phenoxy) is 1. The van der Waals surface area contributed by atoms with Crippen molar-refractivity contribution in [2.75, 3.05) is 18.8 Å². The number of rotatable bonds is 13. The summed E-state index contributed by atoms with van der Waals surface area (Å²) in [5.41, 5.74) is 2.00. The molecule has 0 aliphatic carbocycles. The lowest BCUT2D eigenvalue weighted by atomic mass is 9.93. The molecule has 0 spiro atoms. The van der Waals surface area contributed by atoms with Gasteiger partial charge in [-0.25, -0.2) is 4.79 Å². The van der Waals surface area contributed by atoms with E-state index in [4.69, 9.17) is 4.74 Å². The van der Waals surface area contributed by atoms with Crippen LogP contribution in [0.25, 0.3) is 0 Å². The van der Waals surface area contributed by atoms with Crippen LogP contribution < -0.4 is 10.6 Å². The van der Waals surface area contributed by atoms with E-state index < -0.39 is 23.8 Å². The van der Waals surface area contributed by atoms with Crippen LogP contribution in [-0.4, -0.2) is 53.3 Å². The molecule has 3 amide bonds. The Kier molecular flexibility index (Phi) is 13.2. The first-order valence-corrected chi connectivity index (χ1v) is 13.3. The fraction of sp³-hybridized carbons (Fsp3) is 0.667. The summed E-state index contributed by atoms with van der Waals surface area (Å²) in [7, 11) is 0. The van der Waals surface area contributed by atoms with E-state index in [1.807, 2.05) is 39.0 Å². The average Bonchev–Trinajstić information content (AvgIpc) is 2.77. The quantitative estimate of drug-likeness (QED) is 0.256. The molecule has 1 aromatic carbocycles. The molecule has 35 heavy (non-hydrogen) atoms. The Morgan fingerprint density at radius 3 is 2.14 bits per heavy atom. The van der Waals surface area contributed by atoms with Gasteiger partial charge in [-0.05, 0) is 64.2 Å². The lowest BCUT2D eigenvalue weighted by Crippen LogP contribution is -2.54. The van der Waals surface area contributed by atoms with Gasteiger partial charge in [0.25, 0.3) is 0 Å². The van der Waals surface area contributed by atoms with E-state index in [0.717, 1.165) is 48.8 Å². The van der Waals surface area contributed by atoms with E-state index in [2.05, 4.69) is 30.2 Å². The van der Waals surface area contributed by atoms with Crippen LogP contribution in [0.15, 0.2) is 18.2 Å². The molecule has 2 N–H and O–H groups in total. The molecule has 8 heteroatoms.